The minimum absolute atomic E-state index is 0.0171. The van der Waals surface area contributed by atoms with Gasteiger partial charge in [0.1, 0.15) is 29.6 Å². The molecule has 372 valence electrons. The number of nitrogens with zero attached hydrogens (tertiary/aromatic N) is 1. The number of hydrogen-bond donors (Lipinski definition) is 3. The lowest BCUT2D eigenvalue weighted by Crippen LogP contribution is -2.64. The van der Waals surface area contributed by atoms with E-state index < -0.39 is 83.4 Å². The van der Waals surface area contributed by atoms with Crippen LogP contribution < -0.4 is 0 Å². The van der Waals surface area contributed by atoms with Crippen LogP contribution >= 0.6 is 0 Å². The van der Waals surface area contributed by atoms with E-state index in [1.165, 1.54) is 12.0 Å². The van der Waals surface area contributed by atoms with Gasteiger partial charge in [-0.2, -0.15) is 0 Å². The van der Waals surface area contributed by atoms with E-state index in [9.17, 15) is 39.3 Å². The summed E-state index contributed by atoms with van der Waals surface area (Å²) in [7, 11) is 4.52. The number of ketones is 3. The van der Waals surface area contributed by atoms with E-state index in [0.29, 0.717) is 63.4 Å². The standard InChI is InChI=1S/C52H81NO13/c1-31-17-13-12-14-18-32(2)42(62-9)29-39-21-19-37(7)52(61,66-39)48(58)49(59)53-24-16-15-23-51(53,8)50(60)65-43(34(4)27-38-20-22-40(54)44(28-38)63-10)30-41(55)33(3)26-36(6)46(57)47(64-11)45(56)35(5)25-31/h12-14,17-18,26,31,33-35,37-40,42-44,46-47,54,57,61H,15-16,19-25,27-30H2,1-11H3/b14-12+,17-13+,32-18+,36-26+/t31-,33-,34-,35-,37-,38-,39+,40+,42+,43+,44+,46-,47+,51?,52-/m1/s1. The second-order valence-corrected chi connectivity index (χ2v) is 20.2. The smallest absolute Gasteiger partial charge is 0.332 e. The molecule has 3 fully saturated rings. The first-order chi connectivity index (χ1) is 31.1. The summed E-state index contributed by atoms with van der Waals surface area (Å²) in [6.45, 7) is 14.3. The summed E-state index contributed by atoms with van der Waals surface area (Å²) in [6.07, 6.45) is 11.0. The van der Waals surface area contributed by atoms with Gasteiger partial charge in [0.2, 0.25) is 5.79 Å². The van der Waals surface area contributed by atoms with Crippen molar-refractivity contribution in [3.05, 3.63) is 47.6 Å². The normalized spacial score (nSPS) is 41.1. The van der Waals surface area contributed by atoms with Crippen LogP contribution in [0.15, 0.2) is 47.6 Å². The Kier molecular flexibility index (Phi) is 20.7. The van der Waals surface area contributed by atoms with Gasteiger partial charge < -0.3 is 43.9 Å². The summed E-state index contributed by atoms with van der Waals surface area (Å²) in [5.41, 5.74) is -0.343. The fraction of sp³-hybridized carbons (Fsp3) is 0.750. The van der Waals surface area contributed by atoms with Crippen molar-refractivity contribution in [2.75, 3.05) is 27.9 Å². The number of piperidine rings is 1. The molecule has 1 aliphatic carbocycles. The summed E-state index contributed by atoms with van der Waals surface area (Å²) in [5.74, 6) is -8.07. The molecule has 3 heterocycles. The highest BCUT2D eigenvalue weighted by Gasteiger charge is 2.55. The maximum Gasteiger partial charge on any atom is 0.332 e. The maximum atomic E-state index is 14.7. The predicted octanol–water partition coefficient (Wildman–Crippen LogP) is 6.57. The summed E-state index contributed by atoms with van der Waals surface area (Å²) in [5, 5.41) is 34.0. The van der Waals surface area contributed by atoms with Crippen LogP contribution in [0.3, 0.4) is 0 Å². The SMILES string of the molecule is CO[C@H]1C[C@@H]2CC[C@@H](C)[C@@](O)(O2)C(=O)C(=O)N2CCCCC2(C)C(=O)O[C@H]([C@H](C)C[C@H]2CC[C@H](O)[C@@H](OC)C2)CC(=O)[C@H](C)/C=C(\C)[C@@H](O)[C@@H](OC)C(=O)[C@H](C)C[C@H](C)/C=C/C=C/C=C/1C. The molecule has 0 aromatic rings. The Morgan fingerprint density at radius 3 is 2.24 bits per heavy atom. The average Bonchev–Trinajstić information content (AvgIpc) is 3.28. The Bertz CT molecular complexity index is 1810. The quantitative estimate of drug-likeness (QED) is 0.147. The van der Waals surface area contributed by atoms with Crippen molar-refractivity contribution in [1.29, 1.82) is 0 Å². The van der Waals surface area contributed by atoms with Crippen molar-refractivity contribution in [3.63, 3.8) is 0 Å². The van der Waals surface area contributed by atoms with Crippen molar-refractivity contribution < 1.29 is 63.0 Å². The molecule has 14 nitrogen and oxygen atoms in total. The Morgan fingerprint density at radius 2 is 1.58 bits per heavy atom. The van der Waals surface area contributed by atoms with Gasteiger partial charge in [-0.15, -0.1) is 0 Å². The number of methoxy groups -OCH3 is 3. The molecule has 0 spiro atoms. The van der Waals surface area contributed by atoms with Gasteiger partial charge >= 0.3 is 5.97 Å². The number of fused-ring (bicyclic) bond motifs is 3. The van der Waals surface area contributed by atoms with Crippen LogP contribution in [0.2, 0.25) is 0 Å². The fourth-order valence-electron chi connectivity index (χ4n) is 10.4. The lowest BCUT2D eigenvalue weighted by molar-refractivity contribution is -0.266. The molecular formula is C52H81NO13. The Balaban J connectivity index is 1.73. The minimum atomic E-state index is -2.45. The molecule has 66 heavy (non-hydrogen) atoms. The number of carbonyl (C=O) groups is 5. The summed E-state index contributed by atoms with van der Waals surface area (Å²) in [6, 6.07) is 0. The zero-order valence-electron chi connectivity index (χ0n) is 41.5. The zero-order chi connectivity index (χ0) is 49.1. The monoisotopic (exact) mass is 928 g/mol. The van der Waals surface area contributed by atoms with E-state index in [1.807, 2.05) is 58.1 Å². The van der Waals surface area contributed by atoms with E-state index >= 15 is 0 Å². The summed E-state index contributed by atoms with van der Waals surface area (Å²) in [4.78, 5) is 72.6. The molecule has 0 aromatic carbocycles. The second-order valence-electron chi connectivity index (χ2n) is 20.2. The fourth-order valence-corrected chi connectivity index (χ4v) is 10.4. The third-order valence-electron chi connectivity index (χ3n) is 15.0. The third kappa shape index (κ3) is 13.7. The average molecular weight is 928 g/mol. The summed E-state index contributed by atoms with van der Waals surface area (Å²) < 4.78 is 29.5. The van der Waals surface area contributed by atoms with Crippen molar-refractivity contribution in [2.24, 2.45) is 35.5 Å². The number of Topliss-reactive ketones (excluding diaryl/α,β-unsaturated/α-hetero) is 3. The number of amides is 1. The number of rotatable bonds is 6. The molecule has 2 bridgehead atoms. The molecular weight excluding hydrogens is 847 g/mol. The number of aliphatic hydroxyl groups is 3. The van der Waals surface area contributed by atoms with Gasteiger partial charge in [0.15, 0.2) is 5.78 Å². The number of aliphatic hydroxyl groups excluding tert-OH is 2. The molecule has 2 saturated heterocycles. The van der Waals surface area contributed by atoms with Gasteiger partial charge in [0.05, 0.1) is 24.4 Å². The molecule has 15 atom stereocenters. The number of ether oxygens (including phenoxy) is 5. The van der Waals surface area contributed by atoms with Crippen LogP contribution in [0.4, 0.5) is 0 Å². The molecule has 0 radical (unpaired) electrons. The Labute approximate surface area is 393 Å². The molecule has 4 aliphatic rings. The predicted molar refractivity (Wildman–Crippen MR) is 250 cm³/mol. The topological polar surface area (TPSA) is 195 Å². The van der Waals surface area contributed by atoms with Crippen LogP contribution in [0.25, 0.3) is 0 Å². The second kappa shape index (κ2) is 24.8. The minimum Gasteiger partial charge on any atom is -0.460 e. The van der Waals surface area contributed by atoms with Crippen LogP contribution in [-0.4, -0.2) is 131 Å². The van der Waals surface area contributed by atoms with E-state index in [1.54, 1.807) is 48.0 Å². The number of cyclic esters (lactones) is 1. The van der Waals surface area contributed by atoms with Gasteiger partial charge in [-0.1, -0.05) is 71.1 Å². The van der Waals surface area contributed by atoms with E-state index in [4.69, 9.17) is 23.7 Å². The van der Waals surface area contributed by atoms with Crippen LogP contribution in [-0.2, 0) is 47.7 Å². The Morgan fingerprint density at radius 1 is 0.864 bits per heavy atom. The molecule has 1 unspecified atom stereocenters. The molecule has 14 heteroatoms. The molecule has 1 saturated carbocycles. The van der Waals surface area contributed by atoms with Crippen LogP contribution in [0, 0.1) is 35.5 Å². The highest BCUT2D eigenvalue weighted by Crippen LogP contribution is 2.39. The molecule has 3 aliphatic heterocycles. The van der Waals surface area contributed by atoms with Gasteiger partial charge in [-0.25, -0.2) is 4.79 Å². The van der Waals surface area contributed by atoms with Gasteiger partial charge in [0.25, 0.3) is 11.7 Å². The van der Waals surface area contributed by atoms with Crippen molar-refractivity contribution in [3.8, 4) is 0 Å². The largest absolute Gasteiger partial charge is 0.460 e. The first kappa shape index (κ1) is 55.2. The molecule has 3 N–H and O–H groups in total. The highest BCUT2D eigenvalue weighted by molar-refractivity contribution is 6.39. The lowest BCUT2D eigenvalue weighted by Gasteiger charge is -2.46. The first-order valence-corrected chi connectivity index (χ1v) is 24.3. The lowest BCUT2D eigenvalue weighted by atomic mass is 9.78. The number of esters is 1. The van der Waals surface area contributed by atoms with E-state index in [-0.39, 0.29) is 54.8 Å². The first-order valence-electron chi connectivity index (χ1n) is 24.3. The van der Waals surface area contributed by atoms with Gasteiger partial charge in [-0.3, -0.25) is 19.2 Å². The number of hydrogen-bond acceptors (Lipinski definition) is 13. The van der Waals surface area contributed by atoms with Crippen LogP contribution in [0.1, 0.15) is 132 Å². The molecule has 1 amide bonds. The van der Waals surface area contributed by atoms with Crippen molar-refractivity contribution in [1.82, 2.24) is 4.90 Å². The number of carbonyl (C=O) groups excluding carboxylic acids is 5. The highest BCUT2D eigenvalue weighted by atomic mass is 16.6. The summed E-state index contributed by atoms with van der Waals surface area (Å²) >= 11 is 0. The third-order valence-corrected chi connectivity index (χ3v) is 15.0. The van der Waals surface area contributed by atoms with E-state index in [0.717, 1.165) is 12.0 Å². The van der Waals surface area contributed by atoms with Gasteiger partial charge in [0, 0.05) is 58.5 Å². The van der Waals surface area contributed by atoms with E-state index in [2.05, 4.69) is 0 Å². The molecule has 0 aromatic heterocycles. The van der Waals surface area contributed by atoms with Crippen molar-refractivity contribution >= 4 is 29.2 Å². The maximum absolute atomic E-state index is 14.7. The van der Waals surface area contributed by atoms with Crippen molar-refractivity contribution in [2.45, 2.75) is 186 Å². The molecule has 4 rings (SSSR count). The van der Waals surface area contributed by atoms with Gasteiger partial charge in [-0.05, 0) is 114 Å². The number of allylic oxidation sites excluding steroid dienone is 6. The zero-order valence-corrected chi connectivity index (χ0v) is 41.5. The Hall–Kier alpha value is -3.37. The van der Waals surface area contributed by atoms with Crippen LogP contribution in [0.5, 0.6) is 0 Å².